The van der Waals surface area contributed by atoms with Gasteiger partial charge in [0.15, 0.2) is 21.3 Å². The molecule has 0 unspecified atom stereocenters. The lowest BCUT2D eigenvalue weighted by Crippen LogP contribution is -2.35. The van der Waals surface area contributed by atoms with Gasteiger partial charge in [-0.2, -0.15) is 18.3 Å². The monoisotopic (exact) mass is 415 g/mol. The van der Waals surface area contributed by atoms with Crippen LogP contribution in [0.25, 0.3) is 0 Å². The number of alkyl halides is 3. The summed E-state index contributed by atoms with van der Waals surface area (Å²) >= 11 is 0. The number of piperidine rings is 1. The SMILES string of the molecule is CC(=O)c1ccc(S(C)(=O)=O)c(N2CCC(n3ccc(C(F)(F)F)n3)CC2)c1. The Morgan fingerprint density at radius 2 is 1.82 bits per heavy atom. The van der Waals surface area contributed by atoms with E-state index in [9.17, 15) is 26.4 Å². The Labute approximate surface area is 160 Å². The molecule has 3 rings (SSSR count). The van der Waals surface area contributed by atoms with E-state index in [0.29, 0.717) is 37.2 Å². The highest BCUT2D eigenvalue weighted by atomic mass is 32.2. The van der Waals surface area contributed by atoms with Crippen LogP contribution in [0.15, 0.2) is 35.4 Å². The molecule has 1 aliphatic heterocycles. The van der Waals surface area contributed by atoms with Crippen molar-refractivity contribution in [3.8, 4) is 0 Å². The lowest BCUT2D eigenvalue weighted by molar-refractivity contribution is -0.141. The summed E-state index contributed by atoms with van der Waals surface area (Å²) < 4.78 is 63.8. The number of rotatable bonds is 4. The van der Waals surface area contributed by atoms with E-state index in [1.807, 2.05) is 4.90 Å². The van der Waals surface area contributed by atoms with Crippen LogP contribution in [0.4, 0.5) is 18.9 Å². The van der Waals surface area contributed by atoms with Gasteiger partial charge in [0.05, 0.1) is 16.6 Å². The number of carbonyl (C=O) groups excluding carboxylic acids is 1. The molecule has 28 heavy (non-hydrogen) atoms. The predicted molar refractivity (Wildman–Crippen MR) is 97.3 cm³/mol. The fraction of sp³-hybridized carbons (Fsp3) is 0.444. The molecule has 2 heterocycles. The lowest BCUT2D eigenvalue weighted by atomic mass is 10.0. The summed E-state index contributed by atoms with van der Waals surface area (Å²) in [7, 11) is -3.50. The molecule has 0 amide bonds. The Hall–Kier alpha value is -2.36. The van der Waals surface area contributed by atoms with E-state index in [1.165, 1.54) is 29.9 Å². The first-order valence-electron chi connectivity index (χ1n) is 8.69. The van der Waals surface area contributed by atoms with Crippen LogP contribution in [0, 0.1) is 0 Å². The zero-order valence-corrected chi connectivity index (χ0v) is 16.2. The summed E-state index contributed by atoms with van der Waals surface area (Å²) in [5.41, 5.74) is -0.0695. The minimum atomic E-state index is -4.48. The van der Waals surface area contributed by atoms with Gasteiger partial charge in [-0.1, -0.05) is 0 Å². The second kappa shape index (κ2) is 7.23. The minimum absolute atomic E-state index is 0.134. The van der Waals surface area contributed by atoms with E-state index in [2.05, 4.69) is 5.10 Å². The van der Waals surface area contributed by atoms with Crippen LogP contribution >= 0.6 is 0 Å². The van der Waals surface area contributed by atoms with Crippen molar-refractivity contribution < 1.29 is 26.4 Å². The lowest BCUT2D eigenvalue weighted by Gasteiger charge is -2.34. The number of aromatic nitrogens is 2. The first kappa shape index (κ1) is 20.4. The Kier molecular flexibility index (Phi) is 5.26. The smallest absolute Gasteiger partial charge is 0.370 e. The second-order valence-electron chi connectivity index (χ2n) is 6.91. The van der Waals surface area contributed by atoms with Crippen molar-refractivity contribution >= 4 is 21.3 Å². The van der Waals surface area contributed by atoms with Gasteiger partial charge < -0.3 is 4.90 Å². The average molecular weight is 415 g/mol. The summed E-state index contributed by atoms with van der Waals surface area (Å²) in [6.45, 7) is 2.28. The molecule has 0 spiro atoms. The maximum atomic E-state index is 12.7. The number of benzene rings is 1. The summed E-state index contributed by atoms with van der Waals surface area (Å²) in [4.78, 5) is 13.7. The van der Waals surface area contributed by atoms with Crippen LogP contribution in [-0.4, -0.2) is 43.3 Å². The van der Waals surface area contributed by atoms with Crippen molar-refractivity contribution in [2.75, 3.05) is 24.2 Å². The van der Waals surface area contributed by atoms with Crippen LogP contribution < -0.4 is 4.90 Å². The quantitative estimate of drug-likeness (QED) is 0.716. The first-order chi connectivity index (χ1) is 13.0. The van der Waals surface area contributed by atoms with Crippen LogP contribution in [-0.2, 0) is 16.0 Å². The fourth-order valence-corrected chi connectivity index (χ4v) is 4.24. The number of ketones is 1. The molecular formula is C18H20F3N3O3S. The first-order valence-corrected chi connectivity index (χ1v) is 10.6. The van der Waals surface area contributed by atoms with Crippen molar-refractivity contribution in [3.05, 3.63) is 41.7 Å². The van der Waals surface area contributed by atoms with E-state index in [4.69, 9.17) is 0 Å². The van der Waals surface area contributed by atoms with Crippen molar-refractivity contribution in [2.24, 2.45) is 0 Å². The number of hydrogen-bond acceptors (Lipinski definition) is 5. The third kappa shape index (κ3) is 4.21. The highest BCUT2D eigenvalue weighted by Gasteiger charge is 2.34. The van der Waals surface area contributed by atoms with E-state index < -0.39 is 21.7 Å². The molecule has 6 nitrogen and oxygen atoms in total. The van der Waals surface area contributed by atoms with E-state index >= 15 is 0 Å². The molecule has 1 aromatic heterocycles. The number of carbonyl (C=O) groups is 1. The molecule has 0 saturated carbocycles. The molecule has 1 aromatic carbocycles. The summed E-state index contributed by atoms with van der Waals surface area (Å²) in [6.07, 6.45) is -1.04. The maximum absolute atomic E-state index is 12.7. The number of hydrogen-bond donors (Lipinski definition) is 0. The molecule has 1 saturated heterocycles. The second-order valence-corrected chi connectivity index (χ2v) is 8.89. The van der Waals surface area contributed by atoms with Gasteiger partial charge in [0, 0.05) is 31.1 Å². The molecule has 0 radical (unpaired) electrons. The van der Waals surface area contributed by atoms with E-state index in [-0.39, 0.29) is 16.7 Å². The molecule has 0 bridgehead atoms. The largest absolute Gasteiger partial charge is 0.435 e. The molecule has 10 heteroatoms. The van der Waals surface area contributed by atoms with Crippen molar-refractivity contribution in [3.63, 3.8) is 0 Å². The molecule has 2 aromatic rings. The van der Waals surface area contributed by atoms with Crippen molar-refractivity contribution in [1.29, 1.82) is 0 Å². The summed E-state index contributed by atoms with van der Waals surface area (Å²) in [5, 5.41) is 3.63. The van der Waals surface area contributed by atoms with Gasteiger partial charge in [0.1, 0.15) is 0 Å². The van der Waals surface area contributed by atoms with Gasteiger partial charge in [0.25, 0.3) is 0 Å². The highest BCUT2D eigenvalue weighted by Crippen LogP contribution is 2.33. The van der Waals surface area contributed by atoms with Gasteiger partial charge in [0.2, 0.25) is 0 Å². The predicted octanol–water partition coefficient (Wildman–Crippen LogP) is 3.35. The van der Waals surface area contributed by atoms with Gasteiger partial charge in [-0.25, -0.2) is 8.42 Å². The van der Waals surface area contributed by atoms with Gasteiger partial charge in [-0.3, -0.25) is 9.48 Å². The average Bonchev–Trinajstić information content (AvgIpc) is 3.11. The minimum Gasteiger partial charge on any atom is -0.370 e. The van der Waals surface area contributed by atoms with Crippen molar-refractivity contribution in [2.45, 2.75) is 36.9 Å². The summed E-state index contributed by atoms with van der Waals surface area (Å²) in [6, 6.07) is 5.22. The fourth-order valence-electron chi connectivity index (χ4n) is 3.36. The molecule has 152 valence electrons. The highest BCUT2D eigenvalue weighted by molar-refractivity contribution is 7.90. The maximum Gasteiger partial charge on any atom is 0.435 e. The number of anilines is 1. The standard InChI is InChI=1S/C18H20F3N3O3S/c1-12(25)13-3-4-16(28(2,26)27)15(11-13)23-8-5-14(6-9-23)24-10-7-17(22-24)18(19,20)21/h3-4,7,10-11,14H,5-6,8-9H2,1-2H3. The van der Waals surface area contributed by atoms with E-state index in [1.54, 1.807) is 6.07 Å². The number of halogens is 3. The Balaban J connectivity index is 1.82. The zero-order valence-electron chi connectivity index (χ0n) is 15.4. The van der Waals surface area contributed by atoms with Crippen LogP contribution in [0.2, 0.25) is 0 Å². The van der Waals surface area contributed by atoms with Crippen LogP contribution in [0.1, 0.15) is 41.9 Å². The number of Topliss-reactive ketones (excluding diaryl/α,β-unsaturated/α-hetero) is 1. The van der Waals surface area contributed by atoms with Gasteiger partial charge in [-0.05, 0) is 44.0 Å². The molecule has 0 N–H and O–H groups in total. The molecule has 0 aliphatic carbocycles. The third-order valence-corrected chi connectivity index (χ3v) is 5.99. The molecule has 1 fully saturated rings. The molecular weight excluding hydrogens is 395 g/mol. The normalized spacial score (nSPS) is 16.4. The topological polar surface area (TPSA) is 72.3 Å². The van der Waals surface area contributed by atoms with Crippen molar-refractivity contribution in [1.82, 2.24) is 9.78 Å². The van der Waals surface area contributed by atoms with E-state index in [0.717, 1.165) is 12.3 Å². The van der Waals surface area contributed by atoms with Crippen LogP contribution in [0.5, 0.6) is 0 Å². The zero-order chi connectivity index (χ0) is 20.7. The van der Waals surface area contributed by atoms with Gasteiger partial charge >= 0.3 is 6.18 Å². The number of nitrogens with zero attached hydrogens (tertiary/aromatic N) is 3. The molecule has 0 atom stereocenters. The third-order valence-electron chi connectivity index (χ3n) is 4.84. The summed E-state index contributed by atoms with van der Waals surface area (Å²) in [5.74, 6) is -0.174. The Morgan fingerprint density at radius 1 is 1.18 bits per heavy atom. The Morgan fingerprint density at radius 3 is 2.32 bits per heavy atom. The van der Waals surface area contributed by atoms with Gasteiger partial charge in [-0.15, -0.1) is 0 Å². The Bertz CT molecular complexity index is 991. The van der Waals surface area contributed by atoms with Crippen LogP contribution in [0.3, 0.4) is 0 Å². The molecule has 1 aliphatic rings. The number of sulfone groups is 1.